The Bertz CT molecular complexity index is 89.6. The maximum Gasteiger partial charge on any atom is 0.0575 e. The normalized spacial score (nSPS) is 30.5. The van der Waals surface area contributed by atoms with Crippen molar-refractivity contribution in [2.75, 3.05) is 6.61 Å². The molecule has 0 aromatic heterocycles. The molecule has 2 atom stereocenters. The van der Waals surface area contributed by atoms with Gasteiger partial charge in [-0.3, -0.25) is 0 Å². The molecule has 0 saturated carbocycles. The van der Waals surface area contributed by atoms with Crippen LogP contribution in [0.15, 0.2) is 0 Å². The highest BCUT2D eigenvalue weighted by Gasteiger charge is 2.19. The van der Waals surface area contributed by atoms with Gasteiger partial charge in [0.15, 0.2) is 0 Å². The Hall–Kier alpha value is -0.0400. The van der Waals surface area contributed by atoms with E-state index in [0.717, 1.165) is 12.5 Å². The van der Waals surface area contributed by atoms with Crippen molar-refractivity contribution in [1.82, 2.24) is 0 Å². The lowest BCUT2D eigenvalue weighted by atomic mass is 9.93. The lowest BCUT2D eigenvalue weighted by Crippen LogP contribution is -2.25. The largest absolute Gasteiger partial charge is 0.378 e. The summed E-state index contributed by atoms with van der Waals surface area (Å²) in [6, 6.07) is 0. The molecule has 0 N–H and O–H groups in total. The molecule has 1 aliphatic heterocycles. The first-order valence-electron chi connectivity index (χ1n) is 5.48. The van der Waals surface area contributed by atoms with Crippen LogP contribution < -0.4 is 0 Å². The van der Waals surface area contributed by atoms with Crippen LogP contribution in [0.5, 0.6) is 0 Å². The zero-order valence-electron chi connectivity index (χ0n) is 8.51. The SMILES string of the molecule is CCCC1CCC(CCC)OC1. The molecule has 1 saturated heterocycles. The number of hydrogen-bond acceptors (Lipinski definition) is 1. The predicted molar refractivity (Wildman–Crippen MR) is 52.3 cm³/mol. The van der Waals surface area contributed by atoms with E-state index in [9.17, 15) is 0 Å². The molecule has 1 heteroatoms. The van der Waals surface area contributed by atoms with Gasteiger partial charge < -0.3 is 4.74 Å². The lowest BCUT2D eigenvalue weighted by Gasteiger charge is -2.28. The van der Waals surface area contributed by atoms with E-state index in [4.69, 9.17) is 4.74 Å². The third-order valence-electron chi connectivity index (χ3n) is 2.77. The highest BCUT2D eigenvalue weighted by atomic mass is 16.5. The van der Waals surface area contributed by atoms with Gasteiger partial charge in [0.1, 0.15) is 0 Å². The summed E-state index contributed by atoms with van der Waals surface area (Å²) in [6.07, 6.45) is 8.49. The molecule has 0 amide bonds. The van der Waals surface area contributed by atoms with E-state index in [1.54, 1.807) is 0 Å². The second kappa shape index (κ2) is 5.58. The lowest BCUT2D eigenvalue weighted by molar-refractivity contribution is -0.0220. The summed E-state index contributed by atoms with van der Waals surface area (Å²) in [5.74, 6) is 0.864. The summed E-state index contributed by atoms with van der Waals surface area (Å²) in [5, 5.41) is 0. The van der Waals surface area contributed by atoms with E-state index in [-0.39, 0.29) is 0 Å². The average Bonchev–Trinajstić information content (AvgIpc) is 2.09. The van der Waals surface area contributed by atoms with Crippen LogP contribution in [0.3, 0.4) is 0 Å². The van der Waals surface area contributed by atoms with Gasteiger partial charge in [0.2, 0.25) is 0 Å². The molecule has 0 radical (unpaired) electrons. The van der Waals surface area contributed by atoms with E-state index < -0.39 is 0 Å². The highest BCUT2D eigenvalue weighted by Crippen LogP contribution is 2.24. The van der Waals surface area contributed by atoms with Crippen LogP contribution in [0.4, 0.5) is 0 Å². The van der Waals surface area contributed by atoms with Crippen molar-refractivity contribution < 1.29 is 4.74 Å². The van der Waals surface area contributed by atoms with Crippen LogP contribution in [0, 0.1) is 5.92 Å². The predicted octanol–water partition coefficient (Wildman–Crippen LogP) is 3.38. The first-order valence-corrected chi connectivity index (χ1v) is 5.48. The molecule has 0 aliphatic carbocycles. The van der Waals surface area contributed by atoms with Crippen molar-refractivity contribution in [3.63, 3.8) is 0 Å². The fourth-order valence-electron chi connectivity index (χ4n) is 2.05. The quantitative estimate of drug-likeness (QED) is 0.628. The van der Waals surface area contributed by atoms with Crippen LogP contribution in [0.25, 0.3) is 0 Å². The molecular formula is C11H22O. The standard InChI is InChI=1S/C11H22O/c1-3-5-10-7-8-11(6-4-2)12-9-10/h10-11H,3-9H2,1-2H3. The number of rotatable bonds is 4. The second-order valence-corrected chi connectivity index (χ2v) is 3.98. The fraction of sp³-hybridized carbons (Fsp3) is 1.00. The summed E-state index contributed by atoms with van der Waals surface area (Å²) < 4.78 is 5.78. The maximum atomic E-state index is 5.78. The van der Waals surface area contributed by atoms with Crippen molar-refractivity contribution in [3.8, 4) is 0 Å². The Labute approximate surface area is 76.5 Å². The smallest absolute Gasteiger partial charge is 0.0575 e. The molecule has 12 heavy (non-hydrogen) atoms. The van der Waals surface area contributed by atoms with E-state index in [2.05, 4.69) is 13.8 Å². The summed E-state index contributed by atoms with van der Waals surface area (Å²) in [4.78, 5) is 0. The van der Waals surface area contributed by atoms with Gasteiger partial charge in [-0.2, -0.15) is 0 Å². The second-order valence-electron chi connectivity index (χ2n) is 3.98. The van der Waals surface area contributed by atoms with Gasteiger partial charge in [-0.25, -0.2) is 0 Å². The van der Waals surface area contributed by atoms with Crippen molar-refractivity contribution in [2.24, 2.45) is 5.92 Å². The number of hydrogen-bond donors (Lipinski definition) is 0. The molecule has 0 aromatic carbocycles. The third-order valence-corrected chi connectivity index (χ3v) is 2.77. The Kier molecular flexibility index (Phi) is 4.67. The van der Waals surface area contributed by atoms with E-state index in [1.807, 2.05) is 0 Å². The van der Waals surface area contributed by atoms with Gasteiger partial charge in [0.25, 0.3) is 0 Å². The Morgan fingerprint density at radius 2 is 1.83 bits per heavy atom. The van der Waals surface area contributed by atoms with Crippen molar-refractivity contribution >= 4 is 0 Å². The third kappa shape index (κ3) is 3.14. The molecule has 1 fully saturated rings. The first-order chi connectivity index (χ1) is 5.86. The summed E-state index contributed by atoms with van der Waals surface area (Å²) in [6.45, 7) is 5.53. The monoisotopic (exact) mass is 170 g/mol. The minimum atomic E-state index is 0.586. The average molecular weight is 170 g/mol. The topological polar surface area (TPSA) is 9.23 Å². The fourth-order valence-corrected chi connectivity index (χ4v) is 2.05. The van der Waals surface area contributed by atoms with E-state index in [0.29, 0.717) is 6.10 Å². The van der Waals surface area contributed by atoms with Crippen molar-refractivity contribution in [1.29, 1.82) is 0 Å². The first kappa shape index (κ1) is 10.0. The summed E-state index contributed by atoms with van der Waals surface area (Å²) in [5.41, 5.74) is 0. The summed E-state index contributed by atoms with van der Waals surface area (Å²) >= 11 is 0. The van der Waals surface area contributed by atoms with Crippen molar-refractivity contribution in [3.05, 3.63) is 0 Å². The Morgan fingerprint density at radius 1 is 1.08 bits per heavy atom. The minimum absolute atomic E-state index is 0.586. The van der Waals surface area contributed by atoms with Gasteiger partial charge >= 0.3 is 0 Å². The van der Waals surface area contributed by atoms with Crippen molar-refractivity contribution in [2.45, 2.75) is 58.5 Å². The minimum Gasteiger partial charge on any atom is -0.378 e. The van der Waals surface area contributed by atoms with Gasteiger partial charge in [-0.05, 0) is 31.6 Å². The Morgan fingerprint density at radius 3 is 2.33 bits per heavy atom. The molecule has 2 unspecified atom stereocenters. The van der Waals surface area contributed by atoms with Crippen LogP contribution in [0.1, 0.15) is 52.4 Å². The zero-order chi connectivity index (χ0) is 8.81. The van der Waals surface area contributed by atoms with Crippen LogP contribution in [-0.4, -0.2) is 12.7 Å². The van der Waals surface area contributed by atoms with Gasteiger partial charge in [-0.1, -0.05) is 26.7 Å². The molecule has 1 aliphatic rings. The molecule has 0 aromatic rings. The van der Waals surface area contributed by atoms with Crippen LogP contribution in [0.2, 0.25) is 0 Å². The van der Waals surface area contributed by atoms with Gasteiger partial charge in [0.05, 0.1) is 6.10 Å². The number of ether oxygens (including phenoxy) is 1. The highest BCUT2D eigenvalue weighted by molar-refractivity contribution is 4.69. The molecule has 72 valence electrons. The van der Waals surface area contributed by atoms with E-state index in [1.165, 1.54) is 38.5 Å². The van der Waals surface area contributed by atoms with Gasteiger partial charge in [0, 0.05) is 6.61 Å². The van der Waals surface area contributed by atoms with Crippen LogP contribution in [-0.2, 0) is 4.74 Å². The van der Waals surface area contributed by atoms with Gasteiger partial charge in [-0.15, -0.1) is 0 Å². The van der Waals surface area contributed by atoms with E-state index >= 15 is 0 Å². The zero-order valence-corrected chi connectivity index (χ0v) is 8.51. The molecule has 1 heterocycles. The van der Waals surface area contributed by atoms with Crippen LogP contribution >= 0.6 is 0 Å². The molecular weight excluding hydrogens is 148 g/mol. The summed E-state index contributed by atoms with van der Waals surface area (Å²) in [7, 11) is 0. The maximum absolute atomic E-state index is 5.78. The molecule has 1 nitrogen and oxygen atoms in total. The Balaban J connectivity index is 2.11. The molecule has 0 bridgehead atoms. The molecule has 1 rings (SSSR count). The molecule has 0 spiro atoms.